The lowest BCUT2D eigenvalue weighted by molar-refractivity contribution is 0.768. The lowest BCUT2D eigenvalue weighted by atomic mass is 10.3. The number of rotatable bonds is 2. The van der Waals surface area contributed by atoms with Crippen LogP contribution in [-0.2, 0) is 13.6 Å². The molecule has 2 heterocycles. The minimum Gasteiger partial charge on any atom is -0.326 e. The fourth-order valence-electron chi connectivity index (χ4n) is 1.26. The largest absolute Gasteiger partial charge is 0.326 e. The first-order chi connectivity index (χ1) is 7.20. The average Bonchev–Trinajstić information content (AvgIpc) is 2.65. The maximum atomic E-state index is 11.4. The summed E-state index contributed by atoms with van der Waals surface area (Å²) in [5.74, 6) is 0.505. The van der Waals surface area contributed by atoms with Gasteiger partial charge in [0, 0.05) is 31.5 Å². The van der Waals surface area contributed by atoms with Crippen molar-refractivity contribution in [1.82, 2.24) is 19.7 Å². The quantitative estimate of drug-likeness (QED) is 0.700. The van der Waals surface area contributed by atoms with Crippen molar-refractivity contribution in [3.05, 3.63) is 34.5 Å². The van der Waals surface area contributed by atoms with Gasteiger partial charge in [-0.05, 0) is 0 Å². The lowest BCUT2D eigenvalue weighted by Gasteiger charge is -1.98. The van der Waals surface area contributed by atoms with Gasteiger partial charge in [0.25, 0.3) is 5.56 Å². The van der Waals surface area contributed by atoms with Crippen LogP contribution in [0, 0.1) is 0 Å². The molecule has 0 aliphatic carbocycles. The Labute approximate surface area is 85.8 Å². The molecule has 78 valence electrons. The summed E-state index contributed by atoms with van der Waals surface area (Å²) in [5.41, 5.74) is 6.42. The van der Waals surface area contributed by atoms with Crippen LogP contribution in [0.2, 0.25) is 0 Å². The van der Waals surface area contributed by atoms with Gasteiger partial charge in [-0.25, -0.2) is 4.98 Å². The molecule has 0 saturated heterocycles. The summed E-state index contributed by atoms with van der Waals surface area (Å²) in [4.78, 5) is 18.2. The van der Waals surface area contributed by atoms with Gasteiger partial charge in [-0.3, -0.25) is 9.48 Å². The van der Waals surface area contributed by atoms with E-state index in [1.807, 2.05) is 0 Å². The Morgan fingerprint density at radius 3 is 2.87 bits per heavy atom. The molecule has 0 amide bonds. The monoisotopic (exact) mass is 205 g/mol. The van der Waals surface area contributed by atoms with Crippen molar-refractivity contribution in [2.24, 2.45) is 12.8 Å². The molecule has 0 aromatic carbocycles. The third-order valence-electron chi connectivity index (χ3n) is 2.07. The topological polar surface area (TPSA) is 89.6 Å². The second kappa shape index (κ2) is 3.66. The van der Waals surface area contributed by atoms with Gasteiger partial charge >= 0.3 is 0 Å². The van der Waals surface area contributed by atoms with Gasteiger partial charge in [-0.15, -0.1) is 0 Å². The number of aromatic nitrogens is 4. The van der Waals surface area contributed by atoms with Crippen LogP contribution in [0.15, 0.2) is 23.4 Å². The van der Waals surface area contributed by atoms with E-state index in [1.54, 1.807) is 24.1 Å². The zero-order valence-electron chi connectivity index (χ0n) is 8.27. The summed E-state index contributed by atoms with van der Waals surface area (Å²) in [6.45, 7) is 0.190. The van der Waals surface area contributed by atoms with E-state index in [0.717, 1.165) is 5.56 Å². The smallest absolute Gasteiger partial charge is 0.255 e. The zero-order valence-corrected chi connectivity index (χ0v) is 8.27. The molecule has 0 saturated carbocycles. The first-order valence-electron chi connectivity index (χ1n) is 4.48. The number of aromatic amines is 1. The van der Waals surface area contributed by atoms with Gasteiger partial charge in [-0.1, -0.05) is 0 Å². The fraction of sp³-hybridized carbons (Fsp3) is 0.222. The van der Waals surface area contributed by atoms with Crippen LogP contribution in [0.4, 0.5) is 0 Å². The van der Waals surface area contributed by atoms with Crippen LogP contribution < -0.4 is 11.3 Å². The SMILES string of the molecule is Cn1cc(-c2ncc(CN)c(=O)[nH]2)cn1. The number of H-pyrrole nitrogens is 1. The predicted octanol–water partition coefficient (Wildman–Crippen LogP) is -0.371. The number of nitrogens with one attached hydrogen (secondary N) is 1. The number of nitrogens with zero attached hydrogens (tertiary/aromatic N) is 3. The highest BCUT2D eigenvalue weighted by Crippen LogP contribution is 2.10. The molecule has 0 fully saturated rings. The van der Waals surface area contributed by atoms with Crippen molar-refractivity contribution in [2.45, 2.75) is 6.54 Å². The molecule has 2 aromatic heterocycles. The number of hydrogen-bond donors (Lipinski definition) is 2. The van der Waals surface area contributed by atoms with Crippen molar-refractivity contribution in [3.63, 3.8) is 0 Å². The first-order valence-corrected chi connectivity index (χ1v) is 4.48. The van der Waals surface area contributed by atoms with Gasteiger partial charge in [-0.2, -0.15) is 5.10 Å². The van der Waals surface area contributed by atoms with Crippen LogP contribution in [0.1, 0.15) is 5.56 Å². The minimum absolute atomic E-state index is 0.190. The Morgan fingerprint density at radius 2 is 2.33 bits per heavy atom. The second-order valence-corrected chi connectivity index (χ2v) is 3.19. The summed E-state index contributed by atoms with van der Waals surface area (Å²) in [7, 11) is 1.80. The molecule has 0 radical (unpaired) electrons. The number of aryl methyl sites for hydroxylation is 1. The second-order valence-electron chi connectivity index (χ2n) is 3.19. The van der Waals surface area contributed by atoms with E-state index < -0.39 is 0 Å². The molecular weight excluding hydrogens is 194 g/mol. The molecule has 3 N–H and O–H groups in total. The molecule has 6 nitrogen and oxygen atoms in total. The Balaban J connectivity index is 2.47. The number of nitrogens with two attached hydrogens (primary N) is 1. The Kier molecular flexibility index (Phi) is 2.34. The van der Waals surface area contributed by atoms with E-state index in [-0.39, 0.29) is 12.1 Å². The summed E-state index contributed by atoms with van der Waals surface area (Å²) < 4.78 is 1.65. The standard InChI is InChI=1S/C9H11N5O/c1-14-5-7(4-12-14)8-11-3-6(2-10)9(15)13-8/h3-5H,2,10H2,1H3,(H,11,13,15). The summed E-state index contributed by atoms with van der Waals surface area (Å²) in [6.07, 6.45) is 4.90. The van der Waals surface area contributed by atoms with E-state index in [4.69, 9.17) is 5.73 Å². The maximum Gasteiger partial charge on any atom is 0.255 e. The summed E-state index contributed by atoms with van der Waals surface area (Å²) >= 11 is 0. The van der Waals surface area contributed by atoms with E-state index in [1.165, 1.54) is 6.20 Å². The van der Waals surface area contributed by atoms with Crippen LogP contribution in [0.5, 0.6) is 0 Å². The van der Waals surface area contributed by atoms with Gasteiger partial charge in [0.15, 0.2) is 0 Å². The average molecular weight is 205 g/mol. The molecule has 15 heavy (non-hydrogen) atoms. The molecule has 0 atom stereocenters. The van der Waals surface area contributed by atoms with Gasteiger partial charge in [0.2, 0.25) is 0 Å². The van der Waals surface area contributed by atoms with Gasteiger partial charge in [0.05, 0.1) is 11.8 Å². The molecule has 6 heteroatoms. The maximum absolute atomic E-state index is 11.4. The van der Waals surface area contributed by atoms with Gasteiger partial charge < -0.3 is 10.7 Å². The highest BCUT2D eigenvalue weighted by atomic mass is 16.1. The molecule has 0 aliphatic heterocycles. The van der Waals surface area contributed by atoms with Crippen molar-refractivity contribution in [1.29, 1.82) is 0 Å². The first kappa shape index (κ1) is 9.60. The van der Waals surface area contributed by atoms with Crippen molar-refractivity contribution >= 4 is 0 Å². The van der Waals surface area contributed by atoms with Crippen LogP contribution >= 0.6 is 0 Å². The number of hydrogen-bond acceptors (Lipinski definition) is 4. The van der Waals surface area contributed by atoms with Gasteiger partial charge in [0.1, 0.15) is 5.82 Å². The van der Waals surface area contributed by atoms with E-state index in [9.17, 15) is 4.79 Å². The molecular formula is C9H11N5O. The molecule has 0 unspecified atom stereocenters. The molecule has 0 spiro atoms. The van der Waals surface area contributed by atoms with Crippen molar-refractivity contribution in [3.8, 4) is 11.4 Å². The van der Waals surface area contributed by atoms with Crippen molar-refractivity contribution < 1.29 is 0 Å². The third-order valence-corrected chi connectivity index (χ3v) is 2.07. The molecule has 2 aromatic rings. The molecule has 2 rings (SSSR count). The summed E-state index contributed by atoms with van der Waals surface area (Å²) in [5, 5.41) is 4.00. The van der Waals surface area contributed by atoms with Crippen LogP contribution in [-0.4, -0.2) is 19.7 Å². The fourth-order valence-corrected chi connectivity index (χ4v) is 1.26. The summed E-state index contributed by atoms with van der Waals surface area (Å²) in [6, 6.07) is 0. The highest BCUT2D eigenvalue weighted by molar-refractivity contribution is 5.51. The Morgan fingerprint density at radius 1 is 1.53 bits per heavy atom. The van der Waals surface area contributed by atoms with Crippen molar-refractivity contribution in [2.75, 3.05) is 0 Å². The Hall–Kier alpha value is -1.95. The Bertz CT molecular complexity index is 527. The molecule has 0 bridgehead atoms. The normalized spacial score (nSPS) is 10.5. The van der Waals surface area contributed by atoms with E-state index >= 15 is 0 Å². The van der Waals surface area contributed by atoms with Crippen LogP contribution in [0.3, 0.4) is 0 Å². The van der Waals surface area contributed by atoms with Crippen LogP contribution in [0.25, 0.3) is 11.4 Å². The van der Waals surface area contributed by atoms with E-state index in [0.29, 0.717) is 11.4 Å². The van der Waals surface area contributed by atoms with E-state index in [2.05, 4.69) is 15.1 Å². The highest BCUT2D eigenvalue weighted by Gasteiger charge is 2.04. The third kappa shape index (κ3) is 1.79. The lowest BCUT2D eigenvalue weighted by Crippen LogP contribution is -2.17. The zero-order chi connectivity index (χ0) is 10.8. The predicted molar refractivity (Wildman–Crippen MR) is 55.0 cm³/mol. The minimum atomic E-state index is -0.202. The molecule has 0 aliphatic rings.